The number of carbonyl (C=O) groups is 1. The lowest BCUT2D eigenvalue weighted by molar-refractivity contribution is 0.0688. The van der Waals surface area contributed by atoms with Crippen LogP contribution in [-0.2, 0) is 25.8 Å². The average Bonchev–Trinajstić information content (AvgIpc) is 3.23. The number of aromatic carboxylic acids is 1. The van der Waals surface area contributed by atoms with E-state index in [2.05, 4.69) is 19.8 Å². The maximum atomic E-state index is 11.5. The van der Waals surface area contributed by atoms with Crippen molar-refractivity contribution in [3.05, 3.63) is 53.2 Å². The van der Waals surface area contributed by atoms with E-state index in [1.807, 2.05) is 42.2 Å². The molecule has 3 aromatic heterocycles. The molecular weight excluding hydrogens is 330 g/mol. The second kappa shape index (κ2) is 6.92. The Bertz CT molecular complexity index is 943. The Morgan fingerprint density at radius 1 is 1.42 bits per heavy atom. The monoisotopic (exact) mass is 353 g/mol. The molecule has 2 N–H and O–H groups in total. The molecule has 4 rings (SSSR count). The van der Waals surface area contributed by atoms with Gasteiger partial charge in [0.2, 0.25) is 0 Å². The smallest absolute Gasteiger partial charge is 0.356 e. The van der Waals surface area contributed by atoms with Crippen molar-refractivity contribution in [2.45, 2.75) is 45.2 Å². The molecule has 0 spiro atoms. The summed E-state index contributed by atoms with van der Waals surface area (Å²) in [6, 6.07) is 6.28. The summed E-state index contributed by atoms with van der Waals surface area (Å²) < 4.78 is 3.95. The van der Waals surface area contributed by atoms with Gasteiger partial charge in [-0.25, -0.2) is 9.78 Å². The second-order valence-corrected chi connectivity index (χ2v) is 6.72. The summed E-state index contributed by atoms with van der Waals surface area (Å²) in [4.78, 5) is 15.9. The standard InChI is InChI=1S/C19H23N5O2/c1-2-24-16-7-6-13(11-15(16)18(22-24)19(25)26)20-9-8-14-12-21-17-5-3-4-10-23(14)17/h3-5,10,12-13,20H,2,6-9,11H2,1H3,(H,25,26). The van der Waals surface area contributed by atoms with Gasteiger partial charge in [-0.1, -0.05) is 6.07 Å². The van der Waals surface area contributed by atoms with Crippen LogP contribution in [0, 0.1) is 0 Å². The zero-order chi connectivity index (χ0) is 18.1. The highest BCUT2D eigenvalue weighted by Gasteiger charge is 2.28. The summed E-state index contributed by atoms with van der Waals surface area (Å²) in [5.41, 5.74) is 4.34. The predicted molar refractivity (Wildman–Crippen MR) is 97.6 cm³/mol. The number of carboxylic acids is 1. The highest BCUT2D eigenvalue weighted by molar-refractivity contribution is 5.87. The van der Waals surface area contributed by atoms with E-state index >= 15 is 0 Å². The van der Waals surface area contributed by atoms with Crippen LogP contribution in [0.4, 0.5) is 0 Å². The van der Waals surface area contributed by atoms with E-state index in [0.717, 1.165) is 49.1 Å². The minimum atomic E-state index is -0.931. The fraction of sp³-hybridized carbons (Fsp3) is 0.421. The van der Waals surface area contributed by atoms with Crippen LogP contribution in [0.3, 0.4) is 0 Å². The first kappa shape index (κ1) is 16.8. The number of nitrogens with zero attached hydrogens (tertiary/aromatic N) is 4. The average molecular weight is 353 g/mol. The molecule has 0 aliphatic heterocycles. The van der Waals surface area contributed by atoms with Crippen molar-refractivity contribution in [3.8, 4) is 0 Å². The molecule has 1 unspecified atom stereocenters. The minimum Gasteiger partial charge on any atom is -0.476 e. The number of pyridine rings is 1. The van der Waals surface area contributed by atoms with Crippen molar-refractivity contribution in [2.24, 2.45) is 0 Å². The normalized spacial score (nSPS) is 16.7. The molecule has 0 amide bonds. The Labute approximate surface area is 151 Å². The number of carboxylic acid groups (broad SMARTS) is 1. The number of aromatic nitrogens is 4. The van der Waals surface area contributed by atoms with E-state index in [9.17, 15) is 9.90 Å². The summed E-state index contributed by atoms with van der Waals surface area (Å²) >= 11 is 0. The second-order valence-electron chi connectivity index (χ2n) is 6.72. The Balaban J connectivity index is 1.42. The van der Waals surface area contributed by atoms with Gasteiger partial charge in [-0.3, -0.25) is 4.68 Å². The molecule has 136 valence electrons. The first-order valence-electron chi connectivity index (χ1n) is 9.13. The van der Waals surface area contributed by atoms with Crippen molar-refractivity contribution < 1.29 is 9.90 Å². The molecule has 0 bridgehead atoms. The quantitative estimate of drug-likeness (QED) is 0.707. The van der Waals surface area contributed by atoms with Gasteiger partial charge in [-0.2, -0.15) is 5.10 Å². The lowest BCUT2D eigenvalue weighted by Crippen LogP contribution is -2.36. The molecular formula is C19H23N5O2. The summed E-state index contributed by atoms with van der Waals surface area (Å²) in [5.74, 6) is -0.931. The zero-order valence-electron chi connectivity index (χ0n) is 14.9. The van der Waals surface area contributed by atoms with Crippen LogP contribution in [0.15, 0.2) is 30.6 Å². The zero-order valence-corrected chi connectivity index (χ0v) is 14.9. The minimum absolute atomic E-state index is 0.218. The number of rotatable bonds is 6. The lowest BCUT2D eigenvalue weighted by atomic mass is 9.91. The summed E-state index contributed by atoms with van der Waals surface area (Å²) in [5, 5.41) is 17.3. The Morgan fingerprint density at radius 3 is 3.12 bits per heavy atom. The van der Waals surface area contributed by atoms with Crippen LogP contribution in [0.1, 0.15) is 40.8 Å². The lowest BCUT2D eigenvalue weighted by Gasteiger charge is -2.24. The van der Waals surface area contributed by atoms with Gasteiger partial charge in [0.25, 0.3) is 0 Å². The summed E-state index contributed by atoms with van der Waals surface area (Å²) in [7, 11) is 0. The first-order chi connectivity index (χ1) is 12.7. The van der Waals surface area contributed by atoms with Gasteiger partial charge >= 0.3 is 5.97 Å². The molecule has 0 saturated carbocycles. The molecule has 7 heteroatoms. The van der Waals surface area contributed by atoms with Gasteiger partial charge in [0.15, 0.2) is 5.69 Å². The highest BCUT2D eigenvalue weighted by atomic mass is 16.4. The maximum absolute atomic E-state index is 11.5. The fourth-order valence-electron chi connectivity index (χ4n) is 3.87. The SMILES string of the molecule is CCn1nc(C(=O)O)c2c1CCC(NCCc1cnc3ccccn13)C2. The van der Waals surface area contributed by atoms with Crippen molar-refractivity contribution >= 4 is 11.6 Å². The Kier molecular flexibility index (Phi) is 4.46. The third-order valence-electron chi connectivity index (χ3n) is 5.16. The van der Waals surface area contributed by atoms with Crippen LogP contribution in [0.5, 0.6) is 0 Å². The number of nitrogens with one attached hydrogen (secondary N) is 1. The highest BCUT2D eigenvalue weighted by Crippen LogP contribution is 2.25. The third kappa shape index (κ3) is 2.99. The Morgan fingerprint density at radius 2 is 2.31 bits per heavy atom. The summed E-state index contributed by atoms with van der Waals surface area (Å²) in [6.45, 7) is 3.55. The van der Waals surface area contributed by atoms with E-state index in [1.165, 1.54) is 5.69 Å². The first-order valence-corrected chi connectivity index (χ1v) is 9.13. The van der Waals surface area contributed by atoms with E-state index in [0.29, 0.717) is 6.54 Å². The Hall–Kier alpha value is -2.67. The van der Waals surface area contributed by atoms with Crippen LogP contribution in [0.2, 0.25) is 0 Å². The van der Waals surface area contributed by atoms with Crippen molar-refractivity contribution in [1.82, 2.24) is 24.5 Å². The largest absolute Gasteiger partial charge is 0.476 e. The topological polar surface area (TPSA) is 84.5 Å². The molecule has 0 aromatic carbocycles. The van der Waals surface area contributed by atoms with E-state index in [-0.39, 0.29) is 11.7 Å². The molecule has 0 radical (unpaired) electrons. The molecule has 1 aliphatic rings. The number of fused-ring (bicyclic) bond motifs is 2. The van der Waals surface area contributed by atoms with Crippen molar-refractivity contribution in [1.29, 1.82) is 0 Å². The van der Waals surface area contributed by atoms with Gasteiger partial charge in [0.05, 0.1) is 0 Å². The molecule has 26 heavy (non-hydrogen) atoms. The van der Waals surface area contributed by atoms with E-state index in [1.54, 1.807) is 0 Å². The fourth-order valence-corrected chi connectivity index (χ4v) is 3.87. The van der Waals surface area contributed by atoms with Gasteiger partial charge in [-0.15, -0.1) is 0 Å². The van der Waals surface area contributed by atoms with Crippen LogP contribution in [0.25, 0.3) is 5.65 Å². The molecule has 7 nitrogen and oxygen atoms in total. The maximum Gasteiger partial charge on any atom is 0.356 e. The third-order valence-corrected chi connectivity index (χ3v) is 5.16. The molecule has 1 aliphatic carbocycles. The van der Waals surface area contributed by atoms with Crippen molar-refractivity contribution in [3.63, 3.8) is 0 Å². The van der Waals surface area contributed by atoms with Crippen LogP contribution in [-0.4, -0.2) is 42.8 Å². The van der Waals surface area contributed by atoms with Gasteiger partial charge in [-0.05, 0) is 38.3 Å². The molecule has 3 heterocycles. The molecule has 0 fully saturated rings. The molecule has 0 saturated heterocycles. The number of hydrogen-bond acceptors (Lipinski definition) is 4. The predicted octanol–water partition coefficient (Wildman–Crippen LogP) is 1.94. The van der Waals surface area contributed by atoms with Crippen molar-refractivity contribution in [2.75, 3.05) is 6.54 Å². The van der Waals surface area contributed by atoms with E-state index < -0.39 is 5.97 Å². The van der Waals surface area contributed by atoms with Gasteiger partial charge in [0.1, 0.15) is 5.65 Å². The molecule has 1 atom stereocenters. The number of aryl methyl sites for hydroxylation is 1. The summed E-state index contributed by atoms with van der Waals surface area (Å²) in [6.07, 6.45) is 7.44. The number of imidazole rings is 1. The van der Waals surface area contributed by atoms with Crippen LogP contribution < -0.4 is 5.32 Å². The van der Waals surface area contributed by atoms with Gasteiger partial charge < -0.3 is 14.8 Å². The number of hydrogen-bond donors (Lipinski definition) is 2. The van der Waals surface area contributed by atoms with Gasteiger partial charge in [0, 0.05) is 54.9 Å². The van der Waals surface area contributed by atoms with E-state index in [4.69, 9.17) is 0 Å². The van der Waals surface area contributed by atoms with Crippen LogP contribution >= 0.6 is 0 Å². The molecule has 3 aromatic rings.